The third-order valence-corrected chi connectivity index (χ3v) is 2.27. The molecule has 1 N–H and O–H groups in total. The topological polar surface area (TPSA) is 33.1 Å². The zero-order valence-corrected chi connectivity index (χ0v) is 6.27. The van der Waals surface area contributed by atoms with Crippen LogP contribution in [0.4, 0.5) is 0 Å². The van der Waals surface area contributed by atoms with Crippen LogP contribution in [0, 0.1) is 5.92 Å². The van der Waals surface area contributed by atoms with E-state index in [0.717, 1.165) is 6.42 Å². The number of aromatic nitrogens is 1. The fraction of sp³-hybridized carbons (Fsp3) is 0.444. The molecular formula is C9H11NO. The predicted octanol–water partition coefficient (Wildman–Crippen LogP) is 1.18. The Morgan fingerprint density at radius 3 is 3.09 bits per heavy atom. The lowest BCUT2D eigenvalue weighted by Gasteiger charge is -1.95. The van der Waals surface area contributed by atoms with Gasteiger partial charge >= 0.3 is 0 Å². The third kappa shape index (κ3) is 1.26. The molecule has 2 heteroatoms. The second-order valence-electron chi connectivity index (χ2n) is 3.07. The van der Waals surface area contributed by atoms with Crippen molar-refractivity contribution in [2.75, 3.05) is 6.61 Å². The van der Waals surface area contributed by atoms with Gasteiger partial charge in [0.2, 0.25) is 0 Å². The van der Waals surface area contributed by atoms with Crippen LogP contribution in [-0.2, 0) is 0 Å². The van der Waals surface area contributed by atoms with Crippen molar-refractivity contribution < 1.29 is 5.11 Å². The van der Waals surface area contributed by atoms with Crippen LogP contribution in [0.5, 0.6) is 0 Å². The Bertz CT molecular complexity index is 235. The lowest BCUT2D eigenvalue weighted by Crippen LogP contribution is -1.88. The van der Waals surface area contributed by atoms with Crippen LogP contribution >= 0.6 is 0 Å². The van der Waals surface area contributed by atoms with Gasteiger partial charge in [0.25, 0.3) is 0 Å². The van der Waals surface area contributed by atoms with Crippen molar-refractivity contribution >= 4 is 0 Å². The summed E-state index contributed by atoms with van der Waals surface area (Å²) in [6, 6.07) is 4.02. The first-order chi connectivity index (χ1) is 5.42. The second kappa shape index (κ2) is 2.62. The summed E-state index contributed by atoms with van der Waals surface area (Å²) in [5, 5.41) is 8.82. The van der Waals surface area contributed by atoms with E-state index in [4.69, 9.17) is 5.11 Å². The van der Waals surface area contributed by atoms with Gasteiger partial charge < -0.3 is 5.11 Å². The molecule has 1 aliphatic rings. The Morgan fingerprint density at radius 1 is 1.64 bits per heavy atom. The maximum atomic E-state index is 8.82. The minimum atomic E-state index is 0.319. The standard InChI is InChI=1S/C9H11NO/c11-6-8-4-9(8)7-2-1-3-10-5-7/h1-3,5,8-9,11H,4,6H2/t8-,9+/m1/s1. The highest BCUT2D eigenvalue weighted by atomic mass is 16.3. The summed E-state index contributed by atoms with van der Waals surface area (Å²) in [4.78, 5) is 4.03. The quantitative estimate of drug-likeness (QED) is 0.684. The van der Waals surface area contributed by atoms with Gasteiger partial charge in [-0.25, -0.2) is 0 Å². The van der Waals surface area contributed by atoms with Crippen molar-refractivity contribution in [3.8, 4) is 0 Å². The van der Waals surface area contributed by atoms with Gasteiger partial charge in [-0.1, -0.05) is 6.07 Å². The van der Waals surface area contributed by atoms with E-state index >= 15 is 0 Å². The number of pyridine rings is 1. The van der Waals surface area contributed by atoms with Crippen LogP contribution in [0.1, 0.15) is 17.9 Å². The molecule has 1 aliphatic carbocycles. The largest absolute Gasteiger partial charge is 0.396 e. The molecule has 1 fully saturated rings. The molecule has 1 saturated carbocycles. The van der Waals surface area contributed by atoms with E-state index in [1.54, 1.807) is 6.20 Å². The first kappa shape index (κ1) is 6.80. The molecule has 0 amide bonds. The van der Waals surface area contributed by atoms with Gasteiger partial charge in [0.05, 0.1) is 0 Å². The number of rotatable bonds is 2. The number of hydrogen-bond acceptors (Lipinski definition) is 2. The molecular weight excluding hydrogens is 138 g/mol. The Kier molecular flexibility index (Phi) is 1.62. The Hall–Kier alpha value is -0.890. The molecule has 2 rings (SSSR count). The van der Waals surface area contributed by atoms with Crippen molar-refractivity contribution in [1.82, 2.24) is 4.98 Å². The molecule has 0 saturated heterocycles. The Labute approximate surface area is 65.9 Å². The molecule has 11 heavy (non-hydrogen) atoms. The zero-order valence-electron chi connectivity index (χ0n) is 6.27. The minimum absolute atomic E-state index is 0.319. The summed E-state index contributed by atoms with van der Waals surface area (Å²) in [7, 11) is 0. The highest BCUT2D eigenvalue weighted by Gasteiger charge is 2.37. The van der Waals surface area contributed by atoms with Crippen LogP contribution < -0.4 is 0 Å². The van der Waals surface area contributed by atoms with Crippen LogP contribution in [0.2, 0.25) is 0 Å². The van der Waals surface area contributed by atoms with E-state index in [0.29, 0.717) is 18.4 Å². The molecule has 1 heterocycles. The lowest BCUT2D eigenvalue weighted by molar-refractivity contribution is 0.274. The Balaban J connectivity index is 2.09. The summed E-state index contributed by atoms with van der Waals surface area (Å²) >= 11 is 0. The van der Waals surface area contributed by atoms with Crippen molar-refractivity contribution in [2.45, 2.75) is 12.3 Å². The molecule has 58 valence electrons. The van der Waals surface area contributed by atoms with Crippen LogP contribution in [-0.4, -0.2) is 16.7 Å². The molecule has 0 aromatic carbocycles. The summed E-state index contributed by atoms with van der Waals surface area (Å²) in [5.41, 5.74) is 1.27. The highest BCUT2D eigenvalue weighted by Crippen LogP contribution is 2.46. The average Bonchev–Trinajstić information content (AvgIpc) is 2.85. The van der Waals surface area contributed by atoms with E-state index in [2.05, 4.69) is 11.1 Å². The molecule has 0 bridgehead atoms. The highest BCUT2D eigenvalue weighted by molar-refractivity contribution is 5.21. The molecule has 0 spiro atoms. The third-order valence-electron chi connectivity index (χ3n) is 2.27. The first-order valence-corrected chi connectivity index (χ1v) is 3.92. The van der Waals surface area contributed by atoms with E-state index < -0.39 is 0 Å². The normalized spacial score (nSPS) is 28.5. The van der Waals surface area contributed by atoms with Crippen molar-refractivity contribution in [3.63, 3.8) is 0 Å². The maximum Gasteiger partial charge on any atom is 0.0465 e. The smallest absolute Gasteiger partial charge is 0.0465 e. The van der Waals surface area contributed by atoms with Crippen molar-refractivity contribution in [1.29, 1.82) is 0 Å². The van der Waals surface area contributed by atoms with Crippen LogP contribution in [0.25, 0.3) is 0 Å². The van der Waals surface area contributed by atoms with E-state index in [1.165, 1.54) is 5.56 Å². The summed E-state index contributed by atoms with van der Waals surface area (Å²) < 4.78 is 0. The Morgan fingerprint density at radius 2 is 2.55 bits per heavy atom. The fourth-order valence-corrected chi connectivity index (χ4v) is 1.45. The van der Waals surface area contributed by atoms with E-state index in [9.17, 15) is 0 Å². The zero-order chi connectivity index (χ0) is 7.68. The minimum Gasteiger partial charge on any atom is -0.396 e. The van der Waals surface area contributed by atoms with Gasteiger partial charge in [0.15, 0.2) is 0 Å². The molecule has 0 radical (unpaired) electrons. The van der Waals surface area contributed by atoms with Gasteiger partial charge in [0, 0.05) is 19.0 Å². The maximum absolute atomic E-state index is 8.82. The monoisotopic (exact) mass is 149 g/mol. The van der Waals surface area contributed by atoms with Gasteiger partial charge in [0.1, 0.15) is 0 Å². The van der Waals surface area contributed by atoms with E-state index in [-0.39, 0.29) is 0 Å². The lowest BCUT2D eigenvalue weighted by atomic mass is 10.1. The number of nitrogens with zero attached hydrogens (tertiary/aromatic N) is 1. The van der Waals surface area contributed by atoms with Crippen LogP contribution in [0.3, 0.4) is 0 Å². The molecule has 0 unspecified atom stereocenters. The van der Waals surface area contributed by atoms with Crippen molar-refractivity contribution in [3.05, 3.63) is 30.1 Å². The summed E-state index contributed by atoms with van der Waals surface area (Å²) in [6.07, 6.45) is 4.79. The van der Waals surface area contributed by atoms with Gasteiger partial charge in [-0.05, 0) is 29.9 Å². The fourth-order valence-electron chi connectivity index (χ4n) is 1.45. The SMILES string of the molecule is OC[C@H]1C[C@H]1c1cccnc1. The van der Waals surface area contributed by atoms with Gasteiger partial charge in [-0.15, -0.1) is 0 Å². The van der Waals surface area contributed by atoms with Crippen LogP contribution in [0.15, 0.2) is 24.5 Å². The first-order valence-electron chi connectivity index (χ1n) is 3.92. The molecule has 2 atom stereocenters. The second-order valence-corrected chi connectivity index (χ2v) is 3.07. The molecule has 1 aromatic heterocycles. The van der Waals surface area contributed by atoms with E-state index in [1.807, 2.05) is 12.3 Å². The predicted molar refractivity (Wildman–Crippen MR) is 42.2 cm³/mol. The summed E-state index contributed by atoms with van der Waals surface area (Å²) in [5.74, 6) is 1.08. The average molecular weight is 149 g/mol. The van der Waals surface area contributed by atoms with Gasteiger partial charge in [-0.2, -0.15) is 0 Å². The number of aliphatic hydroxyl groups excluding tert-OH is 1. The summed E-state index contributed by atoms with van der Waals surface area (Å²) in [6.45, 7) is 0.319. The van der Waals surface area contributed by atoms with Gasteiger partial charge in [-0.3, -0.25) is 4.98 Å². The molecule has 0 aliphatic heterocycles. The molecule has 1 aromatic rings. The van der Waals surface area contributed by atoms with Crippen molar-refractivity contribution in [2.24, 2.45) is 5.92 Å². The number of hydrogen-bond donors (Lipinski definition) is 1. The number of aliphatic hydroxyl groups is 1. The molecule has 2 nitrogen and oxygen atoms in total.